The summed E-state index contributed by atoms with van der Waals surface area (Å²) in [6.45, 7) is 1.45. The van der Waals surface area contributed by atoms with Gasteiger partial charge in [-0.25, -0.2) is 4.39 Å². The topological polar surface area (TPSA) is 27.0 Å². The van der Waals surface area contributed by atoms with Gasteiger partial charge in [-0.1, -0.05) is 17.7 Å². The first-order valence-electron chi connectivity index (χ1n) is 5.58. The summed E-state index contributed by atoms with van der Waals surface area (Å²) in [6, 6.07) is 7.10. The van der Waals surface area contributed by atoms with Crippen LogP contribution in [0.5, 0.6) is 0 Å². The predicted molar refractivity (Wildman–Crippen MR) is 65.0 cm³/mol. The van der Waals surface area contributed by atoms with Gasteiger partial charge in [0, 0.05) is 13.1 Å². The van der Waals surface area contributed by atoms with Gasteiger partial charge < -0.3 is 4.90 Å². The van der Waals surface area contributed by atoms with Crippen LogP contribution < -0.4 is 0 Å². The van der Waals surface area contributed by atoms with E-state index >= 15 is 0 Å². The van der Waals surface area contributed by atoms with Crippen LogP contribution in [-0.2, 0) is 6.54 Å². The second-order valence-corrected chi connectivity index (χ2v) is 5.22. The number of benzene rings is 1. The summed E-state index contributed by atoms with van der Waals surface area (Å²) < 4.78 is 13.0. The molecule has 0 atom stereocenters. The molecule has 0 heterocycles. The lowest BCUT2D eigenvalue weighted by Gasteiger charge is -2.19. The summed E-state index contributed by atoms with van der Waals surface area (Å²) >= 11 is 5.72. The lowest BCUT2D eigenvalue weighted by molar-refractivity contribution is 0.286. The highest BCUT2D eigenvalue weighted by molar-refractivity contribution is 6.30. The minimum absolute atomic E-state index is 0.140. The molecule has 2 rings (SSSR count). The highest BCUT2D eigenvalue weighted by atomic mass is 35.5. The molecule has 4 heteroatoms. The van der Waals surface area contributed by atoms with Crippen LogP contribution in [-0.4, -0.2) is 18.5 Å². The predicted octanol–water partition coefficient (Wildman–Crippen LogP) is 3.21. The van der Waals surface area contributed by atoms with E-state index in [1.807, 2.05) is 7.05 Å². The molecule has 0 radical (unpaired) electrons. The monoisotopic (exact) mass is 252 g/mol. The van der Waals surface area contributed by atoms with Crippen molar-refractivity contribution in [1.82, 2.24) is 4.90 Å². The highest BCUT2D eigenvalue weighted by Crippen LogP contribution is 2.45. The van der Waals surface area contributed by atoms with Gasteiger partial charge in [-0.05, 0) is 37.6 Å². The van der Waals surface area contributed by atoms with Gasteiger partial charge in [0.05, 0.1) is 16.5 Å². The molecule has 1 aliphatic carbocycles. The number of hydrogen-bond donors (Lipinski definition) is 0. The van der Waals surface area contributed by atoms with E-state index in [0.717, 1.165) is 24.9 Å². The third-order valence-corrected chi connectivity index (χ3v) is 3.39. The number of nitriles is 1. The zero-order valence-electron chi connectivity index (χ0n) is 9.71. The molecule has 0 aliphatic heterocycles. The molecule has 0 spiro atoms. The maximum Gasteiger partial charge on any atom is 0.141 e. The van der Waals surface area contributed by atoms with Crippen molar-refractivity contribution in [3.63, 3.8) is 0 Å². The third-order valence-electron chi connectivity index (χ3n) is 3.10. The van der Waals surface area contributed by atoms with Crippen LogP contribution in [0.4, 0.5) is 4.39 Å². The van der Waals surface area contributed by atoms with E-state index in [-0.39, 0.29) is 10.4 Å². The van der Waals surface area contributed by atoms with Crippen LogP contribution in [0.15, 0.2) is 18.2 Å². The molecule has 1 aliphatic rings. The van der Waals surface area contributed by atoms with Gasteiger partial charge in [0.15, 0.2) is 0 Å². The van der Waals surface area contributed by atoms with Gasteiger partial charge in [-0.2, -0.15) is 5.26 Å². The van der Waals surface area contributed by atoms with Gasteiger partial charge in [0.2, 0.25) is 0 Å². The normalized spacial score (nSPS) is 16.9. The first-order valence-corrected chi connectivity index (χ1v) is 5.96. The van der Waals surface area contributed by atoms with Crippen molar-refractivity contribution >= 4 is 11.6 Å². The fraction of sp³-hybridized carbons (Fsp3) is 0.462. The van der Waals surface area contributed by atoms with Crippen molar-refractivity contribution in [1.29, 1.82) is 5.26 Å². The molecular formula is C13H14ClFN2. The molecule has 0 N–H and O–H groups in total. The molecule has 0 amide bonds. The largest absolute Gasteiger partial charge is 0.301 e. The maximum atomic E-state index is 13.0. The van der Waals surface area contributed by atoms with Gasteiger partial charge in [-0.15, -0.1) is 0 Å². The summed E-state index contributed by atoms with van der Waals surface area (Å²) in [4.78, 5) is 2.08. The molecule has 0 unspecified atom stereocenters. The van der Waals surface area contributed by atoms with Crippen LogP contribution in [0.3, 0.4) is 0 Å². The van der Waals surface area contributed by atoms with Crippen molar-refractivity contribution in [2.75, 3.05) is 13.6 Å². The molecule has 1 saturated carbocycles. The fourth-order valence-corrected chi connectivity index (χ4v) is 2.18. The second kappa shape index (κ2) is 4.64. The minimum atomic E-state index is -0.395. The minimum Gasteiger partial charge on any atom is -0.301 e. The lowest BCUT2D eigenvalue weighted by atomic mass is 10.1. The van der Waals surface area contributed by atoms with Crippen LogP contribution in [0.1, 0.15) is 18.4 Å². The molecule has 17 heavy (non-hydrogen) atoms. The van der Waals surface area contributed by atoms with E-state index in [1.165, 1.54) is 6.07 Å². The third kappa shape index (κ3) is 2.96. The van der Waals surface area contributed by atoms with E-state index in [0.29, 0.717) is 6.54 Å². The lowest BCUT2D eigenvalue weighted by Crippen LogP contribution is -2.25. The van der Waals surface area contributed by atoms with E-state index in [2.05, 4.69) is 11.0 Å². The molecule has 2 nitrogen and oxygen atoms in total. The van der Waals surface area contributed by atoms with Crippen molar-refractivity contribution in [3.8, 4) is 6.07 Å². The molecule has 1 aromatic carbocycles. The summed E-state index contributed by atoms with van der Waals surface area (Å²) in [5.74, 6) is -0.395. The van der Waals surface area contributed by atoms with E-state index < -0.39 is 5.82 Å². The first-order chi connectivity index (χ1) is 8.04. The van der Waals surface area contributed by atoms with E-state index in [1.54, 1.807) is 12.1 Å². The Kier molecular flexibility index (Phi) is 3.37. The molecule has 1 aromatic rings. The zero-order valence-corrected chi connectivity index (χ0v) is 10.5. The van der Waals surface area contributed by atoms with Crippen LogP contribution in [0.2, 0.25) is 5.02 Å². The number of halogens is 2. The molecule has 0 aromatic heterocycles. The Hall–Kier alpha value is -1.11. The maximum absolute atomic E-state index is 13.0. The summed E-state index contributed by atoms with van der Waals surface area (Å²) in [7, 11) is 1.97. The number of nitrogens with zero attached hydrogens (tertiary/aromatic N) is 2. The Bertz CT molecular complexity index is 463. The zero-order chi connectivity index (χ0) is 12.5. The quantitative estimate of drug-likeness (QED) is 0.823. The van der Waals surface area contributed by atoms with Gasteiger partial charge in [-0.3, -0.25) is 0 Å². The van der Waals surface area contributed by atoms with Crippen molar-refractivity contribution < 1.29 is 4.39 Å². The van der Waals surface area contributed by atoms with Crippen LogP contribution in [0.25, 0.3) is 0 Å². The molecule has 90 valence electrons. The molecular weight excluding hydrogens is 239 g/mol. The molecule has 1 fully saturated rings. The van der Waals surface area contributed by atoms with Crippen molar-refractivity contribution in [2.24, 2.45) is 5.41 Å². The van der Waals surface area contributed by atoms with E-state index in [9.17, 15) is 4.39 Å². The number of rotatable bonds is 4. The fourth-order valence-electron chi connectivity index (χ4n) is 1.98. The van der Waals surface area contributed by atoms with E-state index in [4.69, 9.17) is 16.9 Å². The van der Waals surface area contributed by atoms with Crippen molar-refractivity contribution in [2.45, 2.75) is 19.4 Å². The number of hydrogen-bond acceptors (Lipinski definition) is 2. The SMILES string of the molecule is CN(Cc1ccc(F)c(Cl)c1)CC1(C#N)CC1. The summed E-state index contributed by atoms with van der Waals surface area (Å²) in [5, 5.41) is 9.15. The highest BCUT2D eigenvalue weighted by Gasteiger charge is 2.43. The standard InChI is InChI=1S/C13H14ClFN2/c1-17(9-13(8-16)4-5-13)7-10-2-3-12(15)11(14)6-10/h2-3,6H,4-5,7,9H2,1H3. The Labute approximate surface area is 106 Å². The van der Waals surface area contributed by atoms with Crippen LogP contribution in [0, 0.1) is 22.6 Å². The van der Waals surface area contributed by atoms with Crippen LogP contribution >= 0.6 is 11.6 Å². The Morgan fingerprint density at radius 1 is 1.53 bits per heavy atom. The van der Waals surface area contributed by atoms with Crippen molar-refractivity contribution in [3.05, 3.63) is 34.6 Å². The first kappa shape index (κ1) is 12.3. The summed E-state index contributed by atoms with van der Waals surface area (Å²) in [6.07, 6.45) is 1.97. The van der Waals surface area contributed by atoms with Gasteiger partial charge in [0.1, 0.15) is 5.82 Å². The van der Waals surface area contributed by atoms with Gasteiger partial charge in [0.25, 0.3) is 0 Å². The Balaban J connectivity index is 1.96. The molecule has 0 saturated heterocycles. The molecule has 0 bridgehead atoms. The van der Waals surface area contributed by atoms with Gasteiger partial charge >= 0.3 is 0 Å². The Morgan fingerprint density at radius 3 is 2.76 bits per heavy atom. The second-order valence-electron chi connectivity index (χ2n) is 4.81. The average Bonchev–Trinajstić information content (AvgIpc) is 3.04. The Morgan fingerprint density at radius 2 is 2.24 bits per heavy atom. The summed E-state index contributed by atoms with van der Waals surface area (Å²) in [5.41, 5.74) is 0.825. The smallest absolute Gasteiger partial charge is 0.141 e. The average molecular weight is 253 g/mol.